The van der Waals surface area contributed by atoms with Gasteiger partial charge in [-0.15, -0.1) is 11.6 Å². The molecule has 1 atom stereocenters. The maximum Gasteiger partial charge on any atom is 0.0860 e. The van der Waals surface area contributed by atoms with Crippen LogP contribution in [-0.4, -0.2) is 21.7 Å². The number of halogens is 2. The summed E-state index contributed by atoms with van der Waals surface area (Å²) in [6.07, 6.45) is 2.12. The molecule has 0 spiro atoms. The number of nitrogens with one attached hydrogen (secondary N) is 1. The molecule has 0 saturated heterocycles. The van der Waals surface area contributed by atoms with Gasteiger partial charge in [0.05, 0.1) is 16.4 Å². The highest BCUT2D eigenvalue weighted by atomic mass is 35.5. The average Bonchev–Trinajstić information content (AvgIpc) is 2.48. The molecule has 1 unspecified atom stereocenters. The van der Waals surface area contributed by atoms with E-state index in [1.54, 1.807) is 0 Å². The van der Waals surface area contributed by atoms with Crippen LogP contribution in [0.1, 0.15) is 31.2 Å². The summed E-state index contributed by atoms with van der Waals surface area (Å²) in [6.45, 7) is 4.83. The summed E-state index contributed by atoms with van der Waals surface area (Å²) in [5.41, 5.74) is 1.92. The van der Waals surface area contributed by atoms with E-state index in [0.29, 0.717) is 6.04 Å². The number of hydrogen-bond acceptors (Lipinski definition) is 2. The molecule has 0 fully saturated rings. The third-order valence-corrected chi connectivity index (χ3v) is 3.41. The summed E-state index contributed by atoms with van der Waals surface area (Å²) in [6, 6.07) is 0.449. The Kier molecular flexibility index (Phi) is 5.59. The molecule has 1 N–H and O–H groups in total. The molecule has 92 valence electrons. The van der Waals surface area contributed by atoms with Crippen molar-refractivity contribution in [3.05, 3.63) is 16.4 Å². The molecule has 3 nitrogen and oxygen atoms in total. The van der Waals surface area contributed by atoms with Gasteiger partial charge in [0.2, 0.25) is 0 Å². The van der Waals surface area contributed by atoms with E-state index in [-0.39, 0.29) is 0 Å². The van der Waals surface area contributed by atoms with Crippen molar-refractivity contribution in [3.8, 4) is 0 Å². The number of alkyl halides is 1. The summed E-state index contributed by atoms with van der Waals surface area (Å²) < 4.78 is 1.83. The van der Waals surface area contributed by atoms with Crippen LogP contribution in [0.2, 0.25) is 5.02 Å². The third kappa shape index (κ3) is 3.65. The Morgan fingerprint density at radius 2 is 2.19 bits per heavy atom. The smallest absolute Gasteiger partial charge is 0.0860 e. The molecule has 1 rings (SSSR count). The fraction of sp³-hybridized carbons (Fsp3) is 0.727. The SMILES string of the molecule is Cc1nn(C)c(CNC(C)CCCCl)c1Cl. The fourth-order valence-corrected chi connectivity index (χ4v) is 2.01. The summed E-state index contributed by atoms with van der Waals surface area (Å²) >= 11 is 11.8. The van der Waals surface area contributed by atoms with E-state index in [4.69, 9.17) is 23.2 Å². The van der Waals surface area contributed by atoms with E-state index >= 15 is 0 Å². The van der Waals surface area contributed by atoms with Gasteiger partial charge in [0.15, 0.2) is 0 Å². The summed E-state index contributed by atoms with van der Waals surface area (Å²) in [7, 11) is 1.92. The second-order valence-corrected chi connectivity index (χ2v) is 4.84. The van der Waals surface area contributed by atoms with Gasteiger partial charge in [-0.05, 0) is 26.7 Å². The molecule has 0 aliphatic rings. The van der Waals surface area contributed by atoms with Crippen LogP contribution in [0.3, 0.4) is 0 Å². The van der Waals surface area contributed by atoms with Crippen LogP contribution in [-0.2, 0) is 13.6 Å². The number of nitrogens with zero attached hydrogens (tertiary/aromatic N) is 2. The lowest BCUT2D eigenvalue weighted by Crippen LogP contribution is -2.26. The minimum Gasteiger partial charge on any atom is -0.309 e. The maximum atomic E-state index is 6.16. The molecular weight excluding hydrogens is 245 g/mol. The van der Waals surface area contributed by atoms with Crippen LogP contribution in [0.25, 0.3) is 0 Å². The molecule has 1 heterocycles. The van der Waals surface area contributed by atoms with Crippen LogP contribution in [0.4, 0.5) is 0 Å². The number of aryl methyl sites for hydroxylation is 2. The van der Waals surface area contributed by atoms with Crippen molar-refractivity contribution in [1.29, 1.82) is 0 Å². The fourth-order valence-electron chi connectivity index (χ4n) is 1.63. The highest BCUT2D eigenvalue weighted by molar-refractivity contribution is 6.31. The standard InChI is InChI=1S/C11H19Cl2N3/c1-8(5-4-6-12)14-7-10-11(13)9(2)15-16(10)3/h8,14H,4-7H2,1-3H3. The summed E-state index contributed by atoms with van der Waals surface area (Å²) in [5, 5.41) is 8.46. The Labute approximate surface area is 107 Å². The van der Waals surface area contributed by atoms with E-state index in [1.807, 2.05) is 18.7 Å². The van der Waals surface area contributed by atoms with Gasteiger partial charge in [0.1, 0.15) is 0 Å². The van der Waals surface area contributed by atoms with Crippen molar-refractivity contribution < 1.29 is 0 Å². The predicted octanol–water partition coefficient (Wildman–Crippen LogP) is 2.88. The van der Waals surface area contributed by atoms with Gasteiger partial charge < -0.3 is 5.32 Å². The third-order valence-electron chi connectivity index (χ3n) is 2.65. The molecule has 0 bridgehead atoms. The molecule has 0 aromatic carbocycles. The Morgan fingerprint density at radius 1 is 1.50 bits per heavy atom. The molecule has 0 amide bonds. The minimum absolute atomic E-state index is 0.449. The van der Waals surface area contributed by atoms with E-state index in [1.165, 1.54) is 0 Å². The van der Waals surface area contributed by atoms with Crippen LogP contribution in [0.15, 0.2) is 0 Å². The summed E-state index contributed by atoms with van der Waals surface area (Å²) in [5.74, 6) is 0.720. The number of aromatic nitrogens is 2. The zero-order valence-electron chi connectivity index (χ0n) is 10.1. The van der Waals surface area contributed by atoms with E-state index in [9.17, 15) is 0 Å². The second kappa shape index (κ2) is 6.48. The molecule has 0 saturated carbocycles. The normalized spacial score (nSPS) is 13.1. The molecule has 5 heteroatoms. The van der Waals surface area contributed by atoms with Crippen molar-refractivity contribution in [2.24, 2.45) is 7.05 Å². The maximum absolute atomic E-state index is 6.16. The molecule has 0 radical (unpaired) electrons. The van der Waals surface area contributed by atoms with E-state index in [2.05, 4.69) is 17.3 Å². The van der Waals surface area contributed by atoms with Crippen molar-refractivity contribution in [2.45, 2.75) is 39.3 Å². The van der Waals surface area contributed by atoms with E-state index in [0.717, 1.165) is 41.7 Å². The van der Waals surface area contributed by atoms with Gasteiger partial charge in [-0.25, -0.2) is 0 Å². The second-order valence-electron chi connectivity index (χ2n) is 4.08. The van der Waals surface area contributed by atoms with Crippen molar-refractivity contribution >= 4 is 23.2 Å². The first kappa shape index (κ1) is 13.8. The molecule has 1 aromatic heterocycles. The van der Waals surface area contributed by atoms with Crippen molar-refractivity contribution in [1.82, 2.24) is 15.1 Å². The average molecular weight is 264 g/mol. The number of rotatable bonds is 6. The largest absolute Gasteiger partial charge is 0.309 e. The van der Waals surface area contributed by atoms with Crippen molar-refractivity contribution in [3.63, 3.8) is 0 Å². The van der Waals surface area contributed by atoms with Gasteiger partial charge in [-0.1, -0.05) is 11.6 Å². The van der Waals surface area contributed by atoms with Gasteiger partial charge in [0.25, 0.3) is 0 Å². The zero-order valence-corrected chi connectivity index (χ0v) is 11.6. The Morgan fingerprint density at radius 3 is 2.69 bits per heavy atom. The highest BCUT2D eigenvalue weighted by Gasteiger charge is 2.11. The van der Waals surface area contributed by atoms with E-state index < -0.39 is 0 Å². The Hall–Kier alpha value is -0.250. The first-order valence-corrected chi connectivity index (χ1v) is 6.44. The summed E-state index contributed by atoms with van der Waals surface area (Å²) in [4.78, 5) is 0. The lowest BCUT2D eigenvalue weighted by atomic mass is 10.2. The molecular formula is C11H19Cl2N3. The predicted molar refractivity (Wildman–Crippen MR) is 69.2 cm³/mol. The van der Waals surface area contributed by atoms with Crippen LogP contribution in [0.5, 0.6) is 0 Å². The molecule has 16 heavy (non-hydrogen) atoms. The van der Waals surface area contributed by atoms with Crippen molar-refractivity contribution in [2.75, 3.05) is 5.88 Å². The first-order chi connectivity index (χ1) is 7.56. The van der Waals surface area contributed by atoms with Crippen LogP contribution in [0, 0.1) is 6.92 Å². The first-order valence-electron chi connectivity index (χ1n) is 5.53. The zero-order chi connectivity index (χ0) is 12.1. The van der Waals surface area contributed by atoms with Gasteiger partial charge >= 0.3 is 0 Å². The van der Waals surface area contributed by atoms with Crippen LogP contribution >= 0.6 is 23.2 Å². The van der Waals surface area contributed by atoms with Gasteiger partial charge in [-0.3, -0.25) is 4.68 Å². The van der Waals surface area contributed by atoms with Gasteiger partial charge in [-0.2, -0.15) is 5.10 Å². The molecule has 0 aliphatic carbocycles. The number of hydrogen-bond donors (Lipinski definition) is 1. The Bertz CT molecular complexity index is 336. The Balaban J connectivity index is 2.48. The van der Waals surface area contributed by atoms with Gasteiger partial charge in [0, 0.05) is 25.5 Å². The topological polar surface area (TPSA) is 29.9 Å². The minimum atomic E-state index is 0.449. The monoisotopic (exact) mass is 263 g/mol. The highest BCUT2D eigenvalue weighted by Crippen LogP contribution is 2.19. The molecule has 1 aromatic rings. The lowest BCUT2D eigenvalue weighted by Gasteiger charge is -2.13. The molecule has 0 aliphatic heterocycles. The lowest BCUT2D eigenvalue weighted by molar-refractivity contribution is 0.496. The van der Waals surface area contributed by atoms with Crippen LogP contribution < -0.4 is 5.32 Å². The quantitative estimate of drug-likeness (QED) is 0.801.